The average Bonchev–Trinajstić information content (AvgIpc) is 3.47. The Morgan fingerprint density at radius 2 is 1.93 bits per heavy atom. The van der Waals surface area contributed by atoms with E-state index in [4.69, 9.17) is 4.74 Å². The van der Waals surface area contributed by atoms with Crippen molar-refractivity contribution in [3.63, 3.8) is 0 Å². The zero-order valence-electron chi connectivity index (χ0n) is 15.8. The van der Waals surface area contributed by atoms with Gasteiger partial charge >= 0.3 is 6.03 Å². The number of carbonyl (C=O) groups is 1. The highest BCUT2D eigenvalue weighted by Crippen LogP contribution is 2.41. The maximum absolute atomic E-state index is 12.8. The summed E-state index contributed by atoms with van der Waals surface area (Å²) in [6.45, 7) is 2.66. The molecule has 4 rings (SSSR count). The Kier molecular flexibility index (Phi) is 5.07. The van der Waals surface area contributed by atoms with E-state index >= 15 is 0 Å². The Morgan fingerprint density at radius 3 is 2.67 bits per heavy atom. The van der Waals surface area contributed by atoms with Gasteiger partial charge in [0.1, 0.15) is 6.10 Å². The lowest BCUT2D eigenvalue weighted by Gasteiger charge is -2.28. The largest absolute Gasteiger partial charge is 0.371 e. The Hall–Kier alpha value is -2.47. The molecule has 1 saturated heterocycles. The fourth-order valence-electron chi connectivity index (χ4n) is 3.64. The molecule has 0 unspecified atom stereocenters. The summed E-state index contributed by atoms with van der Waals surface area (Å²) in [5, 5.41) is 3.16. The molecule has 0 aromatic carbocycles. The van der Waals surface area contributed by atoms with Crippen molar-refractivity contribution < 1.29 is 9.53 Å². The van der Waals surface area contributed by atoms with Crippen molar-refractivity contribution in [2.75, 3.05) is 13.7 Å². The predicted octanol–water partition coefficient (Wildman–Crippen LogP) is 3.59. The SMILES string of the molecule is C[C@@H](c1ccncc1)N(C)C(=O)N[C@@H]1CCO[C@H]1c1cncc(C2CC2)c1. The molecule has 3 atom stereocenters. The van der Waals surface area contributed by atoms with Gasteiger partial charge in [0, 0.05) is 44.0 Å². The fourth-order valence-corrected chi connectivity index (χ4v) is 3.64. The topological polar surface area (TPSA) is 67.4 Å². The summed E-state index contributed by atoms with van der Waals surface area (Å²) in [6.07, 6.45) is 10.5. The van der Waals surface area contributed by atoms with Crippen LogP contribution in [0.4, 0.5) is 4.79 Å². The lowest BCUT2D eigenvalue weighted by molar-refractivity contribution is 0.0975. The number of ether oxygens (including phenoxy) is 1. The quantitative estimate of drug-likeness (QED) is 0.878. The molecule has 1 saturated carbocycles. The molecule has 142 valence electrons. The van der Waals surface area contributed by atoms with E-state index in [1.807, 2.05) is 38.5 Å². The lowest BCUT2D eigenvalue weighted by Crippen LogP contribution is -2.45. The van der Waals surface area contributed by atoms with Crippen LogP contribution in [0.15, 0.2) is 43.0 Å². The summed E-state index contributed by atoms with van der Waals surface area (Å²) in [6, 6.07) is 5.90. The summed E-state index contributed by atoms with van der Waals surface area (Å²) in [5.41, 5.74) is 3.41. The Bertz CT molecular complexity index is 794. The summed E-state index contributed by atoms with van der Waals surface area (Å²) in [7, 11) is 1.82. The second kappa shape index (κ2) is 7.64. The smallest absolute Gasteiger partial charge is 0.317 e. The molecule has 2 amide bonds. The molecule has 2 aromatic heterocycles. The van der Waals surface area contributed by atoms with Gasteiger partial charge in [-0.3, -0.25) is 9.97 Å². The number of carbonyl (C=O) groups excluding carboxylic acids is 1. The number of rotatable bonds is 5. The molecule has 27 heavy (non-hydrogen) atoms. The van der Waals surface area contributed by atoms with Gasteiger partial charge in [0.15, 0.2) is 0 Å². The van der Waals surface area contributed by atoms with Crippen LogP contribution in [0.1, 0.15) is 60.9 Å². The number of nitrogens with one attached hydrogen (secondary N) is 1. The molecule has 0 radical (unpaired) electrons. The summed E-state index contributed by atoms with van der Waals surface area (Å²) < 4.78 is 5.95. The van der Waals surface area contributed by atoms with Crippen LogP contribution < -0.4 is 5.32 Å². The van der Waals surface area contributed by atoms with Crippen LogP contribution in [0.3, 0.4) is 0 Å². The van der Waals surface area contributed by atoms with Gasteiger partial charge in [0.2, 0.25) is 0 Å². The fraction of sp³-hybridized carbons (Fsp3) is 0.476. The summed E-state index contributed by atoms with van der Waals surface area (Å²) >= 11 is 0. The van der Waals surface area contributed by atoms with Crippen molar-refractivity contribution in [2.45, 2.75) is 50.3 Å². The first kappa shape index (κ1) is 17.9. The minimum atomic E-state index is -0.134. The van der Waals surface area contributed by atoms with Crippen molar-refractivity contribution in [2.24, 2.45) is 0 Å². The van der Waals surface area contributed by atoms with Gasteiger partial charge in [0.25, 0.3) is 0 Å². The molecule has 3 heterocycles. The zero-order valence-corrected chi connectivity index (χ0v) is 15.8. The van der Waals surface area contributed by atoms with Crippen LogP contribution in [0.25, 0.3) is 0 Å². The third-order valence-electron chi connectivity index (χ3n) is 5.65. The van der Waals surface area contributed by atoms with E-state index < -0.39 is 0 Å². The highest BCUT2D eigenvalue weighted by molar-refractivity contribution is 5.75. The predicted molar refractivity (Wildman–Crippen MR) is 102 cm³/mol. The molecule has 1 N–H and O–H groups in total. The zero-order chi connectivity index (χ0) is 18.8. The van der Waals surface area contributed by atoms with Gasteiger partial charge < -0.3 is 15.0 Å². The minimum Gasteiger partial charge on any atom is -0.371 e. The van der Waals surface area contributed by atoms with Crippen LogP contribution in [0.5, 0.6) is 0 Å². The third kappa shape index (κ3) is 3.95. The Morgan fingerprint density at radius 1 is 1.19 bits per heavy atom. The van der Waals surface area contributed by atoms with Crippen molar-refractivity contribution >= 4 is 6.03 Å². The molecule has 1 aliphatic carbocycles. The number of amides is 2. The second-order valence-corrected chi connectivity index (χ2v) is 7.53. The lowest BCUT2D eigenvalue weighted by atomic mass is 10.0. The van der Waals surface area contributed by atoms with Gasteiger partial charge in [-0.05, 0) is 61.4 Å². The van der Waals surface area contributed by atoms with Crippen LogP contribution in [0.2, 0.25) is 0 Å². The summed E-state index contributed by atoms with van der Waals surface area (Å²) in [4.78, 5) is 23.0. The van der Waals surface area contributed by atoms with E-state index in [9.17, 15) is 4.79 Å². The van der Waals surface area contributed by atoms with E-state index in [2.05, 4.69) is 21.4 Å². The molecular weight excluding hydrogens is 340 g/mol. The first-order valence-electron chi connectivity index (χ1n) is 9.63. The van der Waals surface area contributed by atoms with Crippen molar-refractivity contribution in [1.82, 2.24) is 20.2 Å². The van der Waals surface area contributed by atoms with Crippen molar-refractivity contribution in [3.05, 3.63) is 59.7 Å². The normalized spacial score (nSPS) is 23.0. The minimum absolute atomic E-state index is 0.0337. The summed E-state index contributed by atoms with van der Waals surface area (Å²) in [5.74, 6) is 0.652. The number of aromatic nitrogens is 2. The molecule has 6 nitrogen and oxygen atoms in total. The maximum Gasteiger partial charge on any atom is 0.317 e. The highest BCUT2D eigenvalue weighted by Gasteiger charge is 2.33. The van der Waals surface area contributed by atoms with E-state index in [0.717, 1.165) is 17.5 Å². The van der Waals surface area contributed by atoms with Crippen molar-refractivity contribution in [3.8, 4) is 0 Å². The van der Waals surface area contributed by atoms with E-state index in [1.54, 1.807) is 17.3 Å². The van der Waals surface area contributed by atoms with Gasteiger partial charge in [-0.2, -0.15) is 0 Å². The van der Waals surface area contributed by atoms with Gasteiger partial charge in [-0.15, -0.1) is 0 Å². The van der Waals surface area contributed by atoms with Crippen LogP contribution in [-0.4, -0.2) is 40.6 Å². The first-order chi connectivity index (χ1) is 13.1. The number of pyridine rings is 2. The van der Waals surface area contributed by atoms with Crippen LogP contribution in [0, 0.1) is 0 Å². The molecule has 0 bridgehead atoms. The number of nitrogens with zero attached hydrogens (tertiary/aromatic N) is 3. The maximum atomic E-state index is 12.8. The Labute approximate surface area is 160 Å². The van der Waals surface area contributed by atoms with Crippen LogP contribution in [-0.2, 0) is 4.74 Å². The van der Waals surface area contributed by atoms with Crippen LogP contribution >= 0.6 is 0 Å². The number of hydrogen-bond acceptors (Lipinski definition) is 4. The van der Waals surface area contributed by atoms with E-state index in [0.29, 0.717) is 12.5 Å². The first-order valence-corrected chi connectivity index (χ1v) is 9.63. The standard InChI is InChI=1S/C21H26N4O2/c1-14(15-5-8-22-9-6-15)25(2)21(26)24-19-7-10-27-20(19)18-11-17(12-23-13-18)16-3-4-16/h5-6,8-9,11-14,16,19-20H,3-4,7,10H2,1-2H3,(H,24,26)/t14-,19+,20-/m0/s1. The number of hydrogen-bond donors (Lipinski definition) is 1. The van der Waals surface area contributed by atoms with E-state index in [-0.39, 0.29) is 24.2 Å². The third-order valence-corrected chi connectivity index (χ3v) is 5.65. The average molecular weight is 366 g/mol. The highest BCUT2D eigenvalue weighted by atomic mass is 16.5. The van der Waals surface area contributed by atoms with Crippen molar-refractivity contribution in [1.29, 1.82) is 0 Å². The number of urea groups is 1. The van der Waals surface area contributed by atoms with Gasteiger partial charge in [-0.1, -0.05) is 0 Å². The van der Waals surface area contributed by atoms with E-state index in [1.165, 1.54) is 18.4 Å². The molecule has 6 heteroatoms. The van der Waals surface area contributed by atoms with Gasteiger partial charge in [0.05, 0.1) is 12.1 Å². The monoisotopic (exact) mass is 366 g/mol. The molecule has 1 aliphatic heterocycles. The van der Waals surface area contributed by atoms with Gasteiger partial charge in [-0.25, -0.2) is 4.79 Å². The molecule has 2 aromatic rings. The molecule has 2 fully saturated rings. The molecule has 0 spiro atoms. The second-order valence-electron chi connectivity index (χ2n) is 7.53. The Balaban J connectivity index is 1.43. The molecular formula is C21H26N4O2. The molecule has 2 aliphatic rings.